The Balaban J connectivity index is 2.22. The molecule has 74 valence electrons. The van der Waals surface area contributed by atoms with Gasteiger partial charge in [-0.05, 0) is 30.4 Å². The number of rotatable bonds is 1. The second-order valence-corrected chi connectivity index (χ2v) is 3.90. The number of carbonyl (C=O) groups is 1. The van der Waals surface area contributed by atoms with Crippen LogP contribution in [0.5, 0.6) is 0 Å². The van der Waals surface area contributed by atoms with Crippen molar-refractivity contribution in [2.75, 3.05) is 6.54 Å². The highest BCUT2D eigenvalue weighted by atomic mass is 16.1. The molecule has 1 aliphatic heterocycles. The third-order valence-corrected chi connectivity index (χ3v) is 2.88. The minimum atomic E-state index is 0.185. The van der Waals surface area contributed by atoms with Crippen LogP contribution in [-0.4, -0.2) is 12.5 Å². The summed E-state index contributed by atoms with van der Waals surface area (Å²) in [6.07, 6.45) is 1.71. The van der Waals surface area contributed by atoms with Gasteiger partial charge in [-0.3, -0.25) is 4.79 Å². The largest absolute Gasteiger partial charge is 0.356 e. The van der Waals surface area contributed by atoms with Crippen LogP contribution in [-0.2, 0) is 4.79 Å². The maximum absolute atomic E-state index is 11.2. The molecule has 0 saturated carbocycles. The van der Waals surface area contributed by atoms with Crippen molar-refractivity contribution >= 4 is 5.91 Å². The van der Waals surface area contributed by atoms with E-state index >= 15 is 0 Å². The SMILES string of the molecule is Cc1ccccc1C1CCNC(=O)C1. The number of nitrogens with one attached hydrogen (secondary N) is 1. The number of aryl methyl sites for hydroxylation is 1. The molecule has 14 heavy (non-hydrogen) atoms. The molecule has 0 bridgehead atoms. The lowest BCUT2D eigenvalue weighted by Gasteiger charge is -2.23. The Hall–Kier alpha value is -1.31. The van der Waals surface area contributed by atoms with Gasteiger partial charge in [-0.15, -0.1) is 0 Å². The first-order chi connectivity index (χ1) is 6.77. The number of benzene rings is 1. The summed E-state index contributed by atoms with van der Waals surface area (Å²) in [6, 6.07) is 8.34. The Kier molecular flexibility index (Phi) is 2.53. The average molecular weight is 189 g/mol. The van der Waals surface area contributed by atoms with Crippen LogP contribution in [0.1, 0.15) is 29.9 Å². The van der Waals surface area contributed by atoms with Crippen molar-refractivity contribution in [1.29, 1.82) is 0 Å². The topological polar surface area (TPSA) is 29.1 Å². The molecule has 0 aromatic heterocycles. The molecule has 1 fully saturated rings. The van der Waals surface area contributed by atoms with E-state index in [9.17, 15) is 4.79 Å². The maximum atomic E-state index is 11.2. The zero-order valence-electron chi connectivity index (χ0n) is 8.42. The number of piperidine rings is 1. The lowest BCUT2D eigenvalue weighted by atomic mass is 9.87. The van der Waals surface area contributed by atoms with Crippen molar-refractivity contribution in [3.63, 3.8) is 0 Å². The molecular formula is C12H15NO. The Morgan fingerprint density at radius 2 is 2.14 bits per heavy atom. The van der Waals surface area contributed by atoms with Gasteiger partial charge >= 0.3 is 0 Å². The molecule has 1 aliphatic rings. The molecule has 0 aliphatic carbocycles. The van der Waals surface area contributed by atoms with Gasteiger partial charge in [0.15, 0.2) is 0 Å². The van der Waals surface area contributed by atoms with Gasteiger partial charge in [0, 0.05) is 13.0 Å². The first-order valence-electron chi connectivity index (χ1n) is 5.09. The van der Waals surface area contributed by atoms with Gasteiger partial charge in [0.2, 0.25) is 5.91 Å². The molecule has 2 nitrogen and oxygen atoms in total. The highest BCUT2D eigenvalue weighted by Gasteiger charge is 2.21. The molecule has 2 heteroatoms. The number of amides is 1. The summed E-state index contributed by atoms with van der Waals surface area (Å²) in [7, 11) is 0. The molecule has 1 amide bonds. The highest BCUT2D eigenvalue weighted by Crippen LogP contribution is 2.27. The predicted molar refractivity (Wildman–Crippen MR) is 56.2 cm³/mol. The van der Waals surface area contributed by atoms with E-state index in [1.54, 1.807) is 0 Å². The summed E-state index contributed by atoms with van der Waals surface area (Å²) >= 11 is 0. The van der Waals surface area contributed by atoms with Gasteiger partial charge < -0.3 is 5.32 Å². The summed E-state index contributed by atoms with van der Waals surface area (Å²) in [6.45, 7) is 2.93. The summed E-state index contributed by atoms with van der Waals surface area (Å²) in [4.78, 5) is 11.2. The third-order valence-electron chi connectivity index (χ3n) is 2.88. The smallest absolute Gasteiger partial charge is 0.220 e. The molecular weight excluding hydrogens is 174 g/mol. The molecule has 0 radical (unpaired) electrons. The second-order valence-electron chi connectivity index (χ2n) is 3.90. The van der Waals surface area contributed by atoms with Crippen molar-refractivity contribution in [3.05, 3.63) is 35.4 Å². The van der Waals surface area contributed by atoms with Crippen LogP contribution in [0, 0.1) is 6.92 Å². The van der Waals surface area contributed by atoms with Crippen LogP contribution in [0.4, 0.5) is 0 Å². The van der Waals surface area contributed by atoms with Crippen molar-refractivity contribution in [1.82, 2.24) is 5.32 Å². The quantitative estimate of drug-likeness (QED) is 0.719. The molecule has 1 heterocycles. The zero-order valence-corrected chi connectivity index (χ0v) is 8.42. The Morgan fingerprint density at radius 1 is 1.36 bits per heavy atom. The van der Waals surface area contributed by atoms with E-state index in [1.807, 2.05) is 6.07 Å². The monoisotopic (exact) mass is 189 g/mol. The summed E-state index contributed by atoms with van der Waals surface area (Å²) in [5.74, 6) is 0.606. The summed E-state index contributed by atoms with van der Waals surface area (Å²) in [5.41, 5.74) is 2.63. The minimum Gasteiger partial charge on any atom is -0.356 e. The van der Waals surface area contributed by atoms with Crippen molar-refractivity contribution in [2.45, 2.75) is 25.7 Å². The Morgan fingerprint density at radius 3 is 2.86 bits per heavy atom. The van der Waals surface area contributed by atoms with E-state index < -0.39 is 0 Å². The van der Waals surface area contributed by atoms with E-state index in [4.69, 9.17) is 0 Å². The van der Waals surface area contributed by atoms with E-state index in [-0.39, 0.29) is 5.91 Å². The number of carbonyl (C=O) groups excluding carboxylic acids is 1. The van der Waals surface area contributed by atoms with Crippen LogP contribution in [0.2, 0.25) is 0 Å². The van der Waals surface area contributed by atoms with Gasteiger partial charge in [-0.1, -0.05) is 24.3 Å². The highest BCUT2D eigenvalue weighted by molar-refractivity contribution is 5.77. The van der Waals surface area contributed by atoms with E-state index in [0.717, 1.165) is 13.0 Å². The minimum absolute atomic E-state index is 0.185. The average Bonchev–Trinajstić information content (AvgIpc) is 2.18. The van der Waals surface area contributed by atoms with Crippen LogP contribution >= 0.6 is 0 Å². The number of hydrogen-bond acceptors (Lipinski definition) is 1. The van der Waals surface area contributed by atoms with Gasteiger partial charge in [0.25, 0.3) is 0 Å². The van der Waals surface area contributed by atoms with Crippen molar-refractivity contribution in [3.8, 4) is 0 Å². The molecule has 1 atom stereocenters. The number of hydrogen-bond donors (Lipinski definition) is 1. The molecule has 0 spiro atoms. The van der Waals surface area contributed by atoms with Gasteiger partial charge in [0.1, 0.15) is 0 Å². The van der Waals surface area contributed by atoms with Crippen molar-refractivity contribution < 1.29 is 4.79 Å². The van der Waals surface area contributed by atoms with Gasteiger partial charge in [-0.25, -0.2) is 0 Å². The van der Waals surface area contributed by atoms with Crippen molar-refractivity contribution in [2.24, 2.45) is 0 Å². The second kappa shape index (κ2) is 3.82. The molecule has 1 unspecified atom stereocenters. The summed E-state index contributed by atoms with van der Waals surface area (Å²) < 4.78 is 0. The van der Waals surface area contributed by atoms with Gasteiger partial charge in [0.05, 0.1) is 0 Å². The predicted octanol–water partition coefficient (Wildman–Crippen LogP) is 1.99. The molecule has 2 rings (SSSR count). The third kappa shape index (κ3) is 1.79. The zero-order chi connectivity index (χ0) is 9.97. The van der Waals surface area contributed by atoms with Crippen LogP contribution in [0.15, 0.2) is 24.3 Å². The van der Waals surface area contributed by atoms with E-state index in [1.165, 1.54) is 11.1 Å². The molecule has 1 aromatic rings. The fourth-order valence-electron chi connectivity index (χ4n) is 2.09. The Labute approximate surface area is 84.3 Å². The first-order valence-corrected chi connectivity index (χ1v) is 5.09. The van der Waals surface area contributed by atoms with Crippen LogP contribution in [0.3, 0.4) is 0 Å². The van der Waals surface area contributed by atoms with Crippen LogP contribution < -0.4 is 5.32 Å². The molecule has 1 N–H and O–H groups in total. The van der Waals surface area contributed by atoms with E-state index in [2.05, 4.69) is 30.4 Å². The lowest BCUT2D eigenvalue weighted by Crippen LogP contribution is -2.32. The van der Waals surface area contributed by atoms with Gasteiger partial charge in [-0.2, -0.15) is 0 Å². The maximum Gasteiger partial charge on any atom is 0.220 e. The molecule has 1 saturated heterocycles. The van der Waals surface area contributed by atoms with E-state index in [0.29, 0.717) is 12.3 Å². The first kappa shape index (κ1) is 9.25. The Bertz CT molecular complexity index is 346. The fourth-order valence-corrected chi connectivity index (χ4v) is 2.09. The normalized spacial score (nSPS) is 21.8. The molecule has 1 aromatic carbocycles. The summed E-state index contributed by atoms with van der Waals surface area (Å²) in [5, 5.41) is 2.86. The lowest BCUT2D eigenvalue weighted by molar-refractivity contribution is -0.122. The standard InChI is InChI=1S/C12H15NO/c1-9-4-2-3-5-11(9)10-6-7-13-12(14)8-10/h2-5,10H,6-8H2,1H3,(H,13,14). The van der Waals surface area contributed by atoms with Crippen LogP contribution in [0.25, 0.3) is 0 Å². The fraction of sp³-hybridized carbons (Fsp3) is 0.417.